The first-order valence-electron chi connectivity index (χ1n) is 8.20. The van der Waals surface area contributed by atoms with Crippen molar-refractivity contribution in [3.8, 4) is 0 Å². The van der Waals surface area contributed by atoms with E-state index < -0.39 is 11.6 Å². The van der Waals surface area contributed by atoms with Gasteiger partial charge in [0.1, 0.15) is 11.6 Å². The summed E-state index contributed by atoms with van der Waals surface area (Å²) in [6.45, 7) is 5.48. The Kier molecular flexibility index (Phi) is 5.03. The summed E-state index contributed by atoms with van der Waals surface area (Å²) in [7, 11) is 0. The number of esters is 1. The second-order valence-corrected chi connectivity index (χ2v) is 7.76. The maximum Gasteiger partial charge on any atom is 0.329 e. The van der Waals surface area contributed by atoms with Crippen LogP contribution in [0.4, 0.5) is 5.13 Å². The first-order chi connectivity index (χ1) is 12.3. The predicted molar refractivity (Wildman–Crippen MR) is 101 cm³/mol. The second-order valence-electron chi connectivity index (χ2n) is 6.80. The number of hydrogen-bond donors (Lipinski definition) is 1. The van der Waals surface area contributed by atoms with Crippen LogP contribution >= 0.6 is 11.3 Å². The molecule has 0 spiro atoms. The maximum atomic E-state index is 12.7. The first-order valence-corrected chi connectivity index (χ1v) is 9.02. The van der Waals surface area contributed by atoms with Gasteiger partial charge in [-0.2, -0.15) is 4.52 Å². The molecule has 26 heavy (non-hydrogen) atoms. The van der Waals surface area contributed by atoms with Crippen LogP contribution in [0.2, 0.25) is 0 Å². The molecule has 0 aliphatic heterocycles. The number of fused-ring (bicyclic) bond motifs is 1. The standard InChI is InChI=1S/C18H20N4O3S/c1-18(2,3)25-15(24)13(11-12-7-5-4-6-8-12)20-16-21-22-14(23)9-10-19-17(22)26-16/h4-10,13H,11H2,1-3H3,(H,20,21). The number of aromatic nitrogens is 3. The van der Waals surface area contributed by atoms with Crippen LogP contribution in [-0.4, -0.2) is 32.2 Å². The van der Waals surface area contributed by atoms with Gasteiger partial charge in [-0.3, -0.25) is 4.79 Å². The molecule has 7 nitrogen and oxygen atoms in total. The van der Waals surface area contributed by atoms with Crippen LogP contribution in [0, 0.1) is 0 Å². The molecule has 0 radical (unpaired) electrons. The normalized spacial score (nSPS) is 12.7. The van der Waals surface area contributed by atoms with E-state index >= 15 is 0 Å². The van der Waals surface area contributed by atoms with Gasteiger partial charge in [-0.1, -0.05) is 41.7 Å². The lowest BCUT2D eigenvalue weighted by atomic mass is 10.1. The van der Waals surface area contributed by atoms with E-state index in [4.69, 9.17) is 4.74 Å². The van der Waals surface area contributed by atoms with Gasteiger partial charge in [0.15, 0.2) is 0 Å². The SMILES string of the molecule is CC(C)(C)OC(=O)C(Cc1ccccc1)Nc1nn2c(=O)ccnc2s1. The molecule has 0 aliphatic carbocycles. The van der Waals surface area contributed by atoms with Crippen molar-refractivity contribution in [2.75, 3.05) is 5.32 Å². The molecule has 0 amide bonds. The largest absolute Gasteiger partial charge is 0.458 e. The molecule has 2 heterocycles. The molecule has 0 saturated carbocycles. The fourth-order valence-electron chi connectivity index (χ4n) is 2.37. The number of hydrogen-bond acceptors (Lipinski definition) is 7. The van der Waals surface area contributed by atoms with Crippen LogP contribution in [0.5, 0.6) is 0 Å². The van der Waals surface area contributed by atoms with Crippen molar-refractivity contribution in [3.63, 3.8) is 0 Å². The van der Waals surface area contributed by atoms with Crippen molar-refractivity contribution < 1.29 is 9.53 Å². The minimum Gasteiger partial charge on any atom is -0.458 e. The highest BCUT2D eigenvalue weighted by molar-refractivity contribution is 7.20. The summed E-state index contributed by atoms with van der Waals surface area (Å²) in [6, 6.07) is 10.4. The Labute approximate surface area is 154 Å². The van der Waals surface area contributed by atoms with E-state index in [9.17, 15) is 9.59 Å². The van der Waals surface area contributed by atoms with Gasteiger partial charge in [0.2, 0.25) is 10.1 Å². The van der Waals surface area contributed by atoms with Gasteiger partial charge >= 0.3 is 5.97 Å². The highest BCUT2D eigenvalue weighted by Crippen LogP contribution is 2.20. The Morgan fingerprint density at radius 3 is 2.65 bits per heavy atom. The van der Waals surface area contributed by atoms with E-state index in [2.05, 4.69) is 15.4 Å². The Morgan fingerprint density at radius 1 is 1.27 bits per heavy atom. The number of rotatable bonds is 5. The topological polar surface area (TPSA) is 85.6 Å². The van der Waals surface area contributed by atoms with E-state index in [1.54, 1.807) is 0 Å². The maximum absolute atomic E-state index is 12.7. The number of benzene rings is 1. The van der Waals surface area contributed by atoms with Crippen molar-refractivity contribution in [1.29, 1.82) is 0 Å². The molecule has 0 saturated heterocycles. The molecule has 3 rings (SSSR count). The lowest BCUT2D eigenvalue weighted by Gasteiger charge is -2.24. The summed E-state index contributed by atoms with van der Waals surface area (Å²) in [5, 5.41) is 7.75. The smallest absolute Gasteiger partial charge is 0.329 e. The Balaban J connectivity index is 1.87. The molecule has 0 bridgehead atoms. The van der Waals surface area contributed by atoms with Crippen molar-refractivity contribution in [2.45, 2.75) is 38.8 Å². The number of carbonyl (C=O) groups excluding carboxylic acids is 1. The molecule has 8 heteroatoms. The van der Waals surface area contributed by atoms with Crippen molar-refractivity contribution in [1.82, 2.24) is 14.6 Å². The van der Waals surface area contributed by atoms with Gasteiger partial charge in [0.05, 0.1) is 0 Å². The van der Waals surface area contributed by atoms with E-state index in [-0.39, 0.29) is 11.5 Å². The van der Waals surface area contributed by atoms with Gasteiger partial charge in [-0.25, -0.2) is 9.78 Å². The number of ether oxygens (including phenoxy) is 1. The fraction of sp³-hybridized carbons (Fsp3) is 0.333. The summed E-state index contributed by atoms with van der Waals surface area (Å²) < 4.78 is 6.74. The highest BCUT2D eigenvalue weighted by atomic mass is 32.1. The Bertz CT molecular complexity index is 960. The van der Waals surface area contributed by atoms with Crippen LogP contribution in [0.15, 0.2) is 47.4 Å². The molecular weight excluding hydrogens is 352 g/mol. The van der Waals surface area contributed by atoms with Gasteiger partial charge in [0.25, 0.3) is 5.56 Å². The van der Waals surface area contributed by atoms with Crippen LogP contribution in [0.1, 0.15) is 26.3 Å². The van der Waals surface area contributed by atoms with Gasteiger partial charge in [-0.05, 0) is 26.3 Å². The van der Waals surface area contributed by atoms with E-state index in [0.29, 0.717) is 16.5 Å². The van der Waals surface area contributed by atoms with Crippen molar-refractivity contribution >= 4 is 27.4 Å². The zero-order valence-corrected chi connectivity index (χ0v) is 15.6. The molecule has 1 N–H and O–H groups in total. The third-order valence-corrected chi connectivity index (χ3v) is 4.30. The van der Waals surface area contributed by atoms with Gasteiger partial charge in [0, 0.05) is 18.7 Å². The minimum atomic E-state index is -0.632. The van der Waals surface area contributed by atoms with Gasteiger partial charge in [-0.15, -0.1) is 5.10 Å². The van der Waals surface area contributed by atoms with Crippen molar-refractivity contribution in [3.05, 3.63) is 58.5 Å². The van der Waals surface area contributed by atoms with E-state index in [1.165, 1.54) is 28.1 Å². The van der Waals surface area contributed by atoms with Crippen LogP contribution in [-0.2, 0) is 16.0 Å². The summed E-state index contributed by atoms with van der Waals surface area (Å²) in [6.07, 6.45) is 1.88. The summed E-state index contributed by atoms with van der Waals surface area (Å²) in [4.78, 5) is 29.1. The van der Waals surface area contributed by atoms with E-state index in [1.807, 2.05) is 51.1 Å². The average molecular weight is 372 g/mol. The average Bonchev–Trinajstić information content (AvgIpc) is 2.98. The number of nitrogens with zero attached hydrogens (tertiary/aromatic N) is 3. The highest BCUT2D eigenvalue weighted by Gasteiger charge is 2.26. The lowest BCUT2D eigenvalue weighted by Crippen LogP contribution is -2.38. The lowest BCUT2D eigenvalue weighted by molar-refractivity contribution is -0.155. The van der Waals surface area contributed by atoms with Crippen LogP contribution < -0.4 is 10.9 Å². The third-order valence-electron chi connectivity index (χ3n) is 3.44. The molecule has 1 atom stereocenters. The molecule has 136 valence electrons. The summed E-state index contributed by atoms with van der Waals surface area (Å²) in [5.74, 6) is -0.374. The van der Waals surface area contributed by atoms with Gasteiger partial charge < -0.3 is 10.1 Å². The predicted octanol–water partition coefficient (Wildman–Crippen LogP) is 2.52. The Morgan fingerprint density at radius 2 is 2.00 bits per heavy atom. The minimum absolute atomic E-state index is 0.267. The monoisotopic (exact) mass is 372 g/mol. The van der Waals surface area contributed by atoms with Crippen LogP contribution in [0.3, 0.4) is 0 Å². The fourth-order valence-corrected chi connectivity index (χ4v) is 3.19. The molecular formula is C18H20N4O3S. The molecule has 0 fully saturated rings. The number of nitrogens with one attached hydrogen (secondary N) is 1. The molecule has 0 aliphatic rings. The Hall–Kier alpha value is -2.74. The second kappa shape index (κ2) is 7.25. The van der Waals surface area contributed by atoms with Crippen molar-refractivity contribution in [2.24, 2.45) is 0 Å². The summed E-state index contributed by atoms with van der Waals surface area (Å²) >= 11 is 1.21. The zero-order valence-electron chi connectivity index (χ0n) is 14.8. The first kappa shape index (κ1) is 18.1. The zero-order chi connectivity index (χ0) is 18.7. The quantitative estimate of drug-likeness (QED) is 0.693. The third kappa shape index (κ3) is 4.45. The van der Waals surface area contributed by atoms with Crippen LogP contribution in [0.25, 0.3) is 4.96 Å². The molecule has 1 unspecified atom stereocenters. The summed E-state index contributed by atoms with van der Waals surface area (Å²) in [5.41, 5.74) is 0.128. The number of carbonyl (C=O) groups is 1. The molecule has 3 aromatic rings. The molecule has 2 aromatic heterocycles. The van der Waals surface area contributed by atoms with E-state index in [0.717, 1.165) is 5.56 Å². The number of anilines is 1. The molecule has 1 aromatic carbocycles.